The van der Waals surface area contributed by atoms with E-state index in [0.717, 1.165) is 12.8 Å². The molecule has 0 radical (unpaired) electrons. The standard InChI is InChI=1S/C11H23N3O3/c1-4-5-8(2)14-10(15)9(3)13-6-7-17-11(12)16/h8-9,13H,4-7H2,1-3H3,(H2,12,16)(H,14,15). The number of ether oxygens (including phenoxy) is 1. The van der Waals surface area contributed by atoms with Crippen molar-refractivity contribution in [1.29, 1.82) is 0 Å². The number of rotatable bonds is 8. The summed E-state index contributed by atoms with van der Waals surface area (Å²) in [6.07, 6.45) is 1.19. The summed E-state index contributed by atoms with van der Waals surface area (Å²) in [4.78, 5) is 21.9. The van der Waals surface area contributed by atoms with E-state index in [-0.39, 0.29) is 24.6 Å². The Kier molecular flexibility index (Phi) is 8.13. The summed E-state index contributed by atoms with van der Waals surface area (Å²) in [7, 11) is 0. The maximum atomic E-state index is 11.7. The Balaban J connectivity index is 3.70. The first-order chi connectivity index (χ1) is 7.97. The largest absolute Gasteiger partial charge is 0.448 e. The van der Waals surface area contributed by atoms with Gasteiger partial charge >= 0.3 is 6.09 Å². The molecule has 2 atom stereocenters. The molecule has 6 nitrogen and oxygen atoms in total. The Morgan fingerprint density at radius 3 is 2.53 bits per heavy atom. The van der Waals surface area contributed by atoms with Gasteiger partial charge in [-0.05, 0) is 20.3 Å². The van der Waals surface area contributed by atoms with Crippen molar-refractivity contribution in [2.45, 2.75) is 45.7 Å². The molecule has 0 spiro atoms. The van der Waals surface area contributed by atoms with Crippen LogP contribution < -0.4 is 16.4 Å². The molecule has 0 aliphatic heterocycles. The molecule has 0 saturated carbocycles. The fourth-order valence-electron chi connectivity index (χ4n) is 1.39. The van der Waals surface area contributed by atoms with Crippen LogP contribution in [0.3, 0.4) is 0 Å². The fraction of sp³-hybridized carbons (Fsp3) is 0.818. The van der Waals surface area contributed by atoms with Crippen LogP contribution >= 0.6 is 0 Å². The number of hydrogen-bond acceptors (Lipinski definition) is 4. The second-order valence-electron chi connectivity index (χ2n) is 4.04. The molecule has 0 aliphatic carbocycles. The Morgan fingerprint density at radius 2 is 2.00 bits per heavy atom. The van der Waals surface area contributed by atoms with E-state index in [0.29, 0.717) is 6.54 Å². The summed E-state index contributed by atoms with van der Waals surface area (Å²) in [5, 5.41) is 5.84. The third kappa shape index (κ3) is 8.50. The molecule has 2 unspecified atom stereocenters. The van der Waals surface area contributed by atoms with Gasteiger partial charge in [-0.15, -0.1) is 0 Å². The smallest absolute Gasteiger partial charge is 0.404 e. The fourth-order valence-corrected chi connectivity index (χ4v) is 1.39. The molecule has 0 rings (SSSR count). The first-order valence-electron chi connectivity index (χ1n) is 5.93. The van der Waals surface area contributed by atoms with E-state index in [4.69, 9.17) is 5.73 Å². The number of primary amides is 1. The van der Waals surface area contributed by atoms with Crippen molar-refractivity contribution < 1.29 is 14.3 Å². The minimum absolute atomic E-state index is 0.0509. The third-order valence-electron chi connectivity index (χ3n) is 2.30. The Labute approximate surface area is 102 Å². The monoisotopic (exact) mass is 245 g/mol. The molecule has 4 N–H and O–H groups in total. The quantitative estimate of drug-likeness (QED) is 0.538. The van der Waals surface area contributed by atoms with E-state index < -0.39 is 6.09 Å². The molecule has 0 aliphatic rings. The molecule has 17 heavy (non-hydrogen) atoms. The van der Waals surface area contributed by atoms with Crippen LogP contribution in [0.25, 0.3) is 0 Å². The Morgan fingerprint density at radius 1 is 1.35 bits per heavy atom. The molecule has 0 heterocycles. The van der Waals surface area contributed by atoms with Gasteiger partial charge in [-0.3, -0.25) is 4.79 Å². The SMILES string of the molecule is CCCC(C)NC(=O)C(C)NCCOC(N)=O. The summed E-state index contributed by atoms with van der Waals surface area (Å²) < 4.78 is 4.54. The van der Waals surface area contributed by atoms with Gasteiger partial charge in [0, 0.05) is 12.6 Å². The zero-order valence-corrected chi connectivity index (χ0v) is 10.8. The van der Waals surface area contributed by atoms with Crippen LogP contribution in [0.15, 0.2) is 0 Å². The van der Waals surface area contributed by atoms with E-state index in [1.807, 2.05) is 6.92 Å². The first kappa shape index (κ1) is 15.7. The zero-order valence-electron chi connectivity index (χ0n) is 10.8. The van der Waals surface area contributed by atoms with Crippen molar-refractivity contribution in [2.24, 2.45) is 5.73 Å². The van der Waals surface area contributed by atoms with Gasteiger partial charge in [0.25, 0.3) is 0 Å². The molecular weight excluding hydrogens is 222 g/mol. The minimum atomic E-state index is -0.805. The number of nitrogens with two attached hydrogens (primary N) is 1. The maximum Gasteiger partial charge on any atom is 0.404 e. The van der Waals surface area contributed by atoms with Gasteiger partial charge in [0.05, 0.1) is 6.04 Å². The highest BCUT2D eigenvalue weighted by Gasteiger charge is 2.13. The summed E-state index contributed by atoms with van der Waals surface area (Å²) in [5.74, 6) is -0.0509. The molecule has 0 saturated heterocycles. The molecule has 100 valence electrons. The van der Waals surface area contributed by atoms with E-state index in [1.54, 1.807) is 6.92 Å². The highest BCUT2D eigenvalue weighted by molar-refractivity contribution is 5.81. The second kappa shape index (κ2) is 8.81. The van der Waals surface area contributed by atoms with E-state index >= 15 is 0 Å². The van der Waals surface area contributed by atoms with Crippen molar-refractivity contribution in [2.75, 3.05) is 13.2 Å². The van der Waals surface area contributed by atoms with Gasteiger partial charge in [0.2, 0.25) is 5.91 Å². The lowest BCUT2D eigenvalue weighted by Gasteiger charge is -2.17. The predicted molar refractivity (Wildman–Crippen MR) is 65.5 cm³/mol. The normalized spacial score (nSPS) is 13.8. The van der Waals surface area contributed by atoms with Crippen LogP contribution in [0.2, 0.25) is 0 Å². The van der Waals surface area contributed by atoms with E-state index in [9.17, 15) is 9.59 Å². The number of carbonyl (C=O) groups is 2. The molecule has 2 amide bonds. The maximum absolute atomic E-state index is 11.7. The molecule has 6 heteroatoms. The third-order valence-corrected chi connectivity index (χ3v) is 2.30. The Bertz CT molecular complexity index is 246. The number of amides is 2. The van der Waals surface area contributed by atoms with Crippen LogP contribution in [-0.2, 0) is 9.53 Å². The van der Waals surface area contributed by atoms with Gasteiger partial charge < -0.3 is 21.1 Å². The molecule has 0 aromatic heterocycles. The van der Waals surface area contributed by atoms with Crippen LogP contribution in [0.5, 0.6) is 0 Å². The molecule has 0 aromatic rings. The van der Waals surface area contributed by atoms with Gasteiger partial charge in [-0.2, -0.15) is 0 Å². The van der Waals surface area contributed by atoms with E-state index in [1.165, 1.54) is 0 Å². The molecule has 0 aromatic carbocycles. The minimum Gasteiger partial charge on any atom is -0.448 e. The zero-order chi connectivity index (χ0) is 13.3. The summed E-state index contributed by atoms with van der Waals surface area (Å²) in [6.45, 7) is 6.38. The van der Waals surface area contributed by atoms with E-state index in [2.05, 4.69) is 22.3 Å². The number of hydrogen-bond donors (Lipinski definition) is 3. The van der Waals surface area contributed by atoms with Crippen LogP contribution in [0.4, 0.5) is 4.79 Å². The average Bonchev–Trinajstić information content (AvgIpc) is 2.23. The highest BCUT2D eigenvalue weighted by atomic mass is 16.5. The van der Waals surface area contributed by atoms with Gasteiger partial charge in [-0.1, -0.05) is 13.3 Å². The van der Waals surface area contributed by atoms with Crippen molar-refractivity contribution in [3.63, 3.8) is 0 Å². The first-order valence-corrected chi connectivity index (χ1v) is 5.93. The highest BCUT2D eigenvalue weighted by Crippen LogP contribution is 1.95. The van der Waals surface area contributed by atoms with Crippen LogP contribution in [-0.4, -0.2) is 37.2 Å². The lowest BCUT2D eigenvalue weighted by atomic mass is 10.2. The Hall–Kier alpha value is -1.30. The van der Waals surface area contributed by atoms with Crippen molar-refractivity contribution >= 4 is 12.0 Å². The van der Waals surface area contributed by atoms with Gasteiger partial charge in [0.1, 0.15) is 6.61 Å². The lowest BCUT2D eigenvalue weighted by Crippen LogP contribution is -2.46. The summed E-state index contributed by atoms with van der Waals surface area (Å²) in [6, 6.07) is -0.135. The summed E-state index contributed by atoms with van der Waals surface area (Å²) >= 11 is 0. The second-order valence-corrected chi connectivity index (χ2v) is 4.04. The molecular formula is C11H23N3O3. The molecule has 0 bridgehead atoms. The van der Waals surface area contributed by atoms with Crippen LogP contribution in [0, 0.1) is 0 Å². The average molecular weight is 245 g/mol. The van der Waals surface area contributed by atoms with Gasteiger partial charge in [0.15, 0.2) is 0 Å². The van der Waals surface area contributed by atoms with Crippen LogP contribution in [0.1, 0.15) is 33.6 Å². The predicted octanol–water partition coefficient (Wildman–Crippen LogP) is 0.365. The van der Waals surface area contributed by atoms with Gasteiger partial charge in [-0.25, -0.2) is 4.79 Å². The number of carbonyl (C=O) groups excluding carboxylic acids is 2. The molecule has 0 fully saturated rings. The van der Waals surface area contributed by atoms with Crippen molar-refractivity contribution in [1.82, 2.24) is 10.6 Å². The number of nitrogens with one attached hydrogen (secondary N) is 2. The van der Waals surface area contributed by atoms with Crippen molar-refractivity contribution in [3.05, 3.63) is 0 Å². The summed E-state index contributed by atoms with van der Waals surface area (Å²) in [5.41, 5.74) is 4.80. The topological polar surface area (TPSA) is 93.4 Å². The lowest BCUT2D eigenvalue weighted by molar-refractivity contribution is -0.123. The van der Waals surface area contributed by atoms with Crippen molar-refractivity contribution in [3.8, 4) is 0 Å².